The first-order valence-electron chi connectivity index (χ1n) is 7.70. The van der Waals surface area contributed by atoms with Gasteiger partial charge in [-0.05, 0) is 36.4 Å². The Morgan fingerprint density at radius 1 is 1.04 bits per heavy atom. The summed E-state index contributed by atoms with van der Waals surface area (Å²) in [5.41, 5.74) is 0.0266. The third kappa shape index (κ3) is 5.79. The van der Waals surface area contributed by atoms with Gasteiger partial charge in [-0.2, -0.15) is 21.6 Å². The van der Waals surface area contributed by atoms with Gasteiger partial charge in [-0.3, -0.25) is 0 Å². The standard InChI is InChI=1S/C16H16F2N2O6S2/c17-16(18)26-15-4-2-1-3-12(15)11-20-28(24,25)14-7-5-13(6-8-14)27(22,23)19-9-10-21/h1-8,11,16,19,21H,9-10H2. The largest absolute Gasteiger partial charge is 0.434 e. The Kier molecular flexibility index (Phi) is 7.18. The van der Waals surface area contributed by atoms with Gasteiger partial charge in [0.05, 0.1) is 22.6 Å². The van der Waals surface area contributed by atoms with Crippen LogP contribution < -0.4 is 9.46 Å². The van der Waals surface area contributed by atoms with Gasteiger partial charge in [0.2, 0.25) is 10.0 Å². The van der Waals surface area contributed by atoms with Crippen LogP contribution >= 0.6 is 0 Å². The topological polar surface area (TPSA) is 122 Å². The predicted octanol–water partition coefficient (Wildman–Crippen LogP) is 1.37. The van der Waals surface area contributed by atoms with Crippen LogP contribution in [0.1, 0.15) is 5.56 Å². The molecule has 0 heterocycles. The Balaban J connectivity index is 2.25. The highest BCUT2D eigenvalue weighted by molar-refractivity contribution is 7.90. The van der Waals surface area contributed by atoms with Crippen molar-refractivity contribution in [3.05, 3.63) is 54.1 Å². The fourth-order valence-corrected chi connectivity index (χ4v) is 3.91. The minimum atomic E-state index is -4.21. The number of nitrogens with one attached hydrogen (secondary N) is 1. The fraction of sp³-hybridized carbons (Fsp3) is 0.188. The summed E-state index contributed by atoms with van der Waals surface area (Å²) in [5.74, 6) is -0.243. The Hall–Kier alpha value is -2.41. The number of hydrogen-bond acceptors (Lipinski definition) is 6. The van der Waals surface area contributed by atoms with Crippen molar-refractivity contribution >= 4 is 26.3 Å². The molecule has 0 aromatic heterocycles. The average molecular weight is 434 g/mol. The van der Waals surface area contributed by atoms with Crippen LogP contribution in [0, 0.1) is 0 Å². The highest BCUT2D eigenvalue weighted by atomic mass is 32.2. The number of sulfonamides is 2. The maximum Gasteiger partial charge on any atom is 0.387 e. The number of ether oxygens (including phenoxy) is 1. The van der Waals surface area contributed by atoms with E-state index in [2.05, 4.69) is 13.9 Å². The number of para-hydroxylation sites is 1. The van der Waals surface area contributed by atoms with E-state index in [0.717, 1.165) is 30.5 Å². The third-order valence-electron chi connectivity index (χ3n) is 3.30. The lowest BCUT2D eigenvalue weighted by Gasteiger charge is -2.07. The molecule has 0 aliphatic rings. The number of halogens is 2. The molecule has 12 heteroatoms. The number of aliphatic hydroxyl groups is 1. The molecule has 2 N–H and O–H groups in total. The molecule has 2 rings (SSSR count). The molecule has 0 atom stereocenters. The maximum atomic E-state index is 12.4. The molecule has 0 bridgehead atoms. The Labute approximate surface area is 160 Å². The molecule has 2 aromatic carbocycles. The second-order valence-electron chi connectivity index (χ2n) is 5.22. The van der Waals surface area contributed by atoms with Crippen LogP contribution in [0.4, 0.5) is 8.78 Å². The zero-order valence-electron chi connectivity index (χ0n) is 14.2. The third-order valence-corrected chi connectivity index (χ3v) is 6.03. The highest BCUT2D eigenvalue weighted by Gasteiger charge is 2.17. The summed E-state index contributed by atoms with van der Waals surface area (Å²) in [6.45, 7) is -3.66. The van der Waals surface area contributed by atoms with Gasteiger partial charge in [-0.25, -0.2) is 13.1 Å². The van der Waals surface area contributed by atoms with Gasteiger partial charge in [0.1, 0.15) is 5.75 Å². The number of hydrogen-bond donors (Lipinski definition) is 2. The van der Waals surface area contributed by atoms with E-state index in [-0.39, 0.29) is 27.6 Å². The number of alkyl halides is 2. The Morgan fingerprint density at radius 3 is 2.25 bits per heavy atom. The molecule has 28 heavy (non-hydrogen) atoms. The molecule has 2 aromatic rings. The lowest BCUT2D eigenvalue weighted by Crippen LogP contribution is -2.26. The molecule has 152 valence electrons. The molecule has 0 aliphatic carbocycles. The minimum absolute atomic E-state index is 0.0266. The van der Waals surface area contributed by atoms with Crippen LogP contribution in [-0.4, -0.2) is 47.9 Å². The average Bonchev–Trinajstić information content (AvgIpc) is 2.65. The van der Waals surface area contributed by atoms with Crippen molar-refractivity contribution in [3.63, 3.8) is 0 Å². The normalized spacial score (nSPS) is 12.6. The van der Waals surface area contributed by atoms with E-state index < -0.39 is 33.3 Å². The van der Waals surface area contributed by atoms with Crippen molar-refractivity contribution in [2.24, 2.45) is 4.40 Å². The number of benzene rings is 2. The molecule has 0 radical (unpaired) electrons. The van der Waals surface area contributed by atoms with Crippen molar-refractivity contribution in [2.75, 3.05) is 13.2 Å². The van der Waals surface area contributed by atoms with Crippen LogP contribution in [-0.2, 0) is 20.0 Å². The lowest BCUT2D eigenvalue weighted by molar-refractivity contribution is -0.0499. The second kappa shape index (κ2) is 9.19. The van der Waals surface area contributed by atoms with E-state index in [1.807, 2.05) is 0 Å². The Morgan fingerprint density at radius 2 is 1.64 bits per heavy atom. The van der Waals surface area contributed by atoms with Gasteiger partial charge < -0.3 is 9.84 Å². The van der Waals surface area contributed by atoms with Crippen LogP contribution in [0.25, 0.3) is 0 Å². The fourth-order valence-electron chi connectivity index (χ4n) is 2.03. The van der Waals surface area contributed by atoms with Crippen LogP contribution in [0.2, 0.25) is 0 Å². The van der Waals surface area contributed by atoms with Crippen LogP contribution in [0.15, 0.2) is 62.7 Å². The van der Waals surface area contributed by atoms with Crippen LogP contribution in [0.5, 0.6) is 5.75 Å². The predicted molar refractivity (Wildman–Crippen MR) is 96.6 cm³/mol. The van der Waals surface area contributed by atoms with E-state index >= 15 is 0 Å². The SMILES string of the molecule is O=S(=O)(N=Cc1ccccc1OC(F)F)c1ccc(S(=O)(=O)NCCO)cc1. The van der Waals surface area contributed by atoms with Gasteiger partial charge in [-0.1, -0.05) is 12.1 Å². The van der Waals surface area contributed by atoms with Gasteiger partial charge in [0.15, 0.2) is 0 Å². The summed E-state index contributed by atoms with van der Waals surface area (Å²) in [6, 6.07) is 9.73. The van der Waals surface area contributed by atoms with Crippen molar-refractivity contribution in [2.45, 2.75) is 16.4 Å². The summed E-state index contributed by atoms with van der Waals surface area (Å²) in [5, 5.41) is 8.68. The molecule has 0 amide bonds. The molecular formula is C16H16F2N2O6S2. The summed E-state index contributed by atoms with van der Waals surface area (Å²) in [6.07, 6.45) is 0.862. The molecule has 0 saturated carbocycles. The number of nitrogens with zero attached hydrogens (tertiary/aromatic N) is 1. The zero-order valence-corrected chi connectivity index (χ0v) is 15.8. The number of rotatable bonds is 9. The molecule has 8 nitrogen and oxygen atoms in total. The first-order valence-corrected chi connectivity index (χ1v) is 10.6. The zero-order chi connectivity index (χ0) is 20.8. The summed E-state index contributed by atoms with van der Waals surface area (Å²) in [4.78, 5) is -0.489. The minimum Gasteiger partial charge on any atom is -0.434 e. The monoisotopic (exact) mass is 434 g/mol. The lowest BCUT2D eigenvalue weighted by atomic mass is 10.2. The van der Waals surface area contributed by atoms with Gasteiger partial charge in [-0.15, -0.1) is 0 Å². The van der Waals surface area contributed by atoms with Crippen molar-refractivity contribution in [1.29, 1.82) is 0 Å². The second-order valence-corrected chi connectivity index (χ2v) is 8.62. The van der Waals surface area contributed by atoms with Crippen molar-refractivity contribution in [1.82, 2.24) is 4.72 Å². The van der Waals surface area contributed by atoms with E-state index in [1.165, 1.54) is 24.3 Å². The number of aliphatic hydroxyl groups excluding tert-OH is 1. The van der Waals surface area contributed by atoms with Crippen molar-refractivity contribution in [3.8, 4) is 5.75 Å². The van der Waals surface area contributed by atoms with E-state index in [1.54, 1.807) is 0 Å². The van der Waals surface area contributed by atoms with Crippen molar-refractivity contribution < 1.29 is 35.5 Å². The first-order chi connectivity index (χ1) is 13.2. The maximum absolute atomic E-state index is 12.4. The van der Waals surface area contributed by atoms with E-state index in [9.17, 15) is 25.6 Å². The van der Waals surface area contributed by atoms with E-state index in [0.29, 0.717) is 0 Å². The molecule has 0 unspecified atom stereocenters. The first kappa shape index (κ1) is 21.9. The summed E-state index contributed by atoms with van der Waals surface area (Å²) in [7, 11) is -8.10. The van der Waals surface area contributed by atoms with Crippen LogP contribution in [0.3, 0.4) is 0 Å². The Bertz CT molecular complexity index is 1040. The summed E-state index contributed by atoms with van der Waals surface area (Å²) < 4.78 is 83.0. The molecule has 0 fully saturated rings. The molecule has 0 saturated heterocycles. The van der Waals surface area contributed by atoms with E-state index in [4.69, 9.17) is 5.11 Å². The molecule has 0 spiro atoms. The molecular weight excluding hydrogens is 418 g/mol. The summed E-state index contributed by atoms with van der Waals surface area (Å²) >= 11 is 0. The smallest absolute Gasteiger partial charge is 0.387 e. The van der Waals surface area contributed by atoms with Gasteiger partial charge >= 0.3 is 6.61 Å². The quantitative estimate of drug-likeness (QED) is 0.575. The highest BCUT2D eigenvalue weighted by Crippen LogP contribution is 2.20. The van der Waals surface area contributed by atoms with Gasteiger partial charge in [0, 0.05) is 12.1 Å². The van der Waals surface area contributed by atoms with Gasteiger partial charge in [0.25, 0.3) is 10.0 Å². The molecule has 0 aliphatic heterocycles.